The highest BCUT2D eigenvalue weighted by molar-refractivity contribution is 5.24. The van der Waals surface area contributed by atoms with Crippen LogP contribution < -0.4 is 0 Å². The largest absolute Gasteiger partial charge is 0.393 e. The van der Waals surface area contributed by atoms with Gasteiger partial charge in [-0.1, -0.05) is 58.6 Å². The maximum Gasteiger partial charge on any atom is 0.0573 e. The summed E-state index contributed by atoms with van der Waals surface area (Å²) in [5, 5.41) is 11.1. The van der Waals surface area contributed by atoms with Crippen molar-refractivity contribution in [1.82, 2.24) is 0 Å². The van der Waals surface area contributed by atoms with Gasteiger partial charge in [0, 0.05) is 0 Å². The Balaban J connectivity index is 1.49. The van der Waals surface area contributed by atoms with Crippen LogP contribution in [0.3, 0.4) is 0 Å². The lowest BCUT2D eigenvalue weighted by atomic mass is 9.47. The lowest BCUT2D eigenvalue weighted by Gasteiger charge is -2.58. The van der Waals surface area contributed by atoms with E-state index >= 15 is 0 Å². The molecule has 3 saturated carbocycles. The molecule has 0 aromatic carbocycles. The molecule has 1 heteroatoms. The summed E-state index contributed by atoms with van der Waals surface area (Å²) in [6.45, 7) is 9.79. The second kappa shape index (κ2) is 7.51. The fourth-order valence-electron chi connectivity index (χ4n) is 8.31. The van der Waals surface area contributed by atoms with E-state index in [-0.39, 0.29) is 6.10 Å². The van der Waals surface area contributed by atoms with Gasteiger partial charge in [0.1, 0.15) is 0 Å². The summed E-state index contributed by atoms with van der Waals surface area (Å²) >= 11 is 0. The molecule has 1 nitrogen and oxygen atoms in total. The van der Waals surface area contributed by atoms with Gasteiger partial charge in [-0.05, 0) is 98.2 Å². The van der Waals surface area contributed by atoms with Gasteiger partial charge in [-0.2, -0.15) is 0 Å². The highest BCUT2D eigenvalue weighted by Gasteiger charge is 2.59. The summed E-state index contributed by atoms with van der Waals surface area (Å²) in [5.74, 6) is 3.99. The first kappa shape index (κ1) is 20.0. The molecule has 3 fully saturated rings. The zero-order valence-corrected chi connectivity index (χ0v) is 18.5. The van der Waals surface area contributed by atoms with Crippen LogP contribution in [-0.4, -0.2) is 11.2 Å². The Morgan fingerprint density at radius 1 is 1.04 bits per heavy atom. The van der Waals surface area contributed by atoms with Crippen LogP contribution in [-0.2, 0) is 0 Å². The fraction of sp³-hybridized carbons (Fsp3) is 0.923. The van der Waals surface area contributed by atoms with E-state index in [2.05, 4.69) is 33.8 Å². The van der Waals surface area contributed by atoms with Crippen LogP contribution in [0.15, 0.2) is 11.6 Å². The van der Waals surface area contributed by atoms with Gasteiger partial charge in [0.2, 0.25) is 0 Å². The van der Waals surface area contributed by atoms with E-state index in [1.807, 2.05) is 5.57 Å². The SMILES string of the molecule is CC(C)CCCC(O)C1CCC2C3CC=C4CCCCC4(C)C3CCC12C. The van der Waals surface area contributed by atoms with Crippen LogP contribution in [0.5, 0.6) is 0 Å². The van der Waals surface area contributed by atoms with E-state index in [0.29, 0.717) is 16.7 Å². The van der Waals surface area contributed by atoms with Crippen LogP contribution in [0.25, 0.3) is 0 Å². The van der Waals surface area contributed by atoms with Crippen LogP contribution >= 0.6 is 0 Å². The Morgan fingerprint density at radius 3 is 2.63 bits per heavy atom. The molecule has 27 heavy (non-hydrogen) atoms. The number of allylic oxidation sites excluding steroid dienone is 2. The van der Waals surface area contributed by atoms with Crippen molar-refractivity contribution >= 4 is 0 Å². The average Bonchev–Trinajstić information content (AvgIpc) is 2.98. The normalized spacial score (nSPS) is 45.0. The maximum atomic E-state index is 11.1. The van der Waals surface area contributed by atoms with E-state index in [1.165, 1.54) is 70.6 Å². The van der Waals surface area contributed by atoms with Crippen molar-refractivity contribution in [3.05, 3.63) is 11.6 Å². The summed E-state index contributed by atoms with van der Waals surface area (Å²) in [5.41, 5.74) is 2.73. The van der Waals surface area contributed by atoms with Gasteiger partial charge >= 0.3 is 0 Å². The number of rotatable bonds is 5. The molecule has 4 aliphatic carbocycles. The van der Waals surface area contributed by atoms with E-state index < -0.39 is 0 Å². The standard InChI is InChI=1S/C26H44O/c1-18(2)8-7-10-24(27)23-14-13-21-20-12-11-19-9-5-6-16-25(19,3)22(20)15-17-26(21,23)4/h11,18,20-24,27H,5-10,12-17H2,1-4H3. The Labute approximate surface area is 168 Å². The quantitative estimate of drug-likeness (QED) is 0.508. The average molecular weight is 373 g/mol. The van der Waals surface area contributed by atoms with E-state index in [1.54, 1.807) is 0 Å². The molecule has 7 unspecified atom stereocenters. The second-order valence-corrected chi connectivity index (χ2v) is 11.6. The predicted molar refractivity (Wildman–Crippen MR) is 115 cm³/mol. The zero-order valence-electron chi connectivity index (χ0n) is 18.5. The predicted octanol–water partition coefficient (Wildman–Crippen LogP) is 7.14. The van der Waals surface area contributed by atoms with Gasteiger partial charge in [-0.15, -0.1) is 0 Å². The van der Waals surface area contributed by atoms with Gasteiger partial charge in [0.05, 0.1) is 6.10 Å². The molecule has 4 aliphatic rings. The molecular formula is C26H44O. The van der Waals surface area contributed by atoms with Gasteiger partial charge < -0.3 is 5.11 Å². The zero-order chi connectivity index (χ0) is 19.2. The van der Waals surface area contributed by atoms with Crippen molar-refractivity contribution in [2.75, 3.05) is 0 Å². The van der Waals surface area contributed by atoms with Gasteiger partial charge in [-0.25, -0.2) is 0 Å². The first-order chi connectivity index (χ1) is 12.9. The number of hydrogen-bond donors (Lipinski definition) is 1. The first-order valence-electron chi connectivity index (χ1n) is 12.2. The van der Waals surface area contributed by atoms with Crippen molar-refractivity contribution in [2.45, 2.75) is 111 Å². The van der Waals surface area contributed by atoms with Crippen molar-refractivity contribution in [1.29, 1.82) is 0 Å². The Hall–Kier alpha value is -0.300. The van der Waals surface area contributed by atoms with E-state index in [0.717, 1.165) is 30.1 Å². The van der Waals surface area contributed by atoms with Crippen LogP contribution in [0, 0.1) is 40.4 Å². The molecule has 0 bridgehead atoms. The summed E-state index contributed by atoms with van der Waals surface area (Å²) < 4.78 is 0. The third-order valence-electron chi connectivity index (χ3n) is 9.84. The first-order valence-corrected chi connectivity index (χ1v) is 12.2. The number of fused-ring (bicyclic) bond motifs is 5. The van der Waals surface area contributed by atoms with Crippen LogP contribution in [0.2, 0.25) is 0 Å². The van der Waals surface area contributed by atoms with Crippen molar-refractivity contribution in [3.63, 3.8) is 0 Å². The fourth-order valence-corrected chi connectivity index (χ4v) is 8.31. The molecule has 0 aromatic heterocycles. The molecule has 0 spiro atoms. The molecule has 0 amide bonds. The third kappa shape index (κ3) is 3.34. The third-order valence-corrected chi connectivity index (χ3v) is 9.84. The van der Waals surface area contributed by atoms with Crippen molar-refractivity contribution in [3.8, 4) is 0 Å². The molecule has 1 N–H and O–H groups in total. The van der Waals surface area contributed by atoms with E-state index in [4.69, 9.17) is 0 Å². The van der Waals surface area contributed by atoms with Gasteiger partial charge in [0.25, 0.3) is 0 Å². The van der Waals surface area contributed by atoms with Crippen molar-refractivity contribution in [2.24, 2.45) is 40.4 Å². The highest BCUT2D eigenvalue weighted by atomic mass is 16.3. The number of aliphatic hydroxyl groups is 1. The summed E-state index contributed by atoms with van der Waals surface area (Å²) in [4.78, 5) is 0. The van der Waals surface area contributed by atoms with Crippen molar-refractivity contribution < 1.29 is 5.11 Å². The van der Waals surface area contributed by atoms with Crippen LogP contribution in [0.4, 0.5) is 0 Å². The molecule has 0 saturated heterocycles. The second-order valence-electron chi connectivity index (χ2n) is 11.6. The summed E-state index contributed by atoms with van der Waals surface area (Å²) in [6.07, 6.45) is 18.6. The monoisotopic (exact) mass is 372 g/mol. The Kier molecular flexibility index (Phi) is 5.56. The molecule has 0 aromatic rings. The molecule has 0 aliphatic heterocycles. The Morgan fingerprint density at radius 2 is 1.85 bits per heavy atom. The minimum absolute atomic E-state index is 0.0599. The summed E-state index contributed by atoms with van der Waals surface area (Å²) in [7, 11) is 0. The van der Waals surface area contributed by atoms with Gasteiger partial charge in [0.15, 0.2) is 0 Å². The van der Waals surface area contributed by atoms with E-state index in [9.17, 15) is 5.11 Å². The molecule has 7 atom stereocenters. The molecular weight excluding hydrogens is 328 g/mol. The highest BCUT2D eigenvalue weighted by Crippen LogP contribution is 2.66. The Bertz CT molecular complexity index is 563. The summed E-state index contributed by atoms with van der Waals surface area (Å²) in [6, 6.07) is 0. The molecule has 0 radical (unpaired) electrons. The lowest BCUT2D eigenvalue weighted by molar-refractivity contribution is -0.0668. The lowest BCUT2D eigenvalue weighted by Crippen LogP contribution is -2.50. The molecule has 0 heterocycles. The minimum atomic E-state index is -0.0599. The van der Waals surface area contributed by atoms with Gasteiger partial charge in [-0.3, -0.25) is 0 Å². The smallest absolute Gasteiger partial charge is 0.0573 e. The number of hydrogen-bond acceptors (Lipinski definition) is 1. The maximum absolute atomic E-state index is 11.1. The minimum Gasteiger partial charge on any atom is -0.393 e. The number of aliphatic hydroxyl groups excluding tert-OH is 1. The van der Waals surface area contributed by atoms with Crippen LogP contribution in [0.1, 0.15) is 105 Å². The topological polar surface area (TPSA) is 20.2 Å². The molecule has 4 rings (SSSR count). The molecule has 154 valence electrons.